The van der Waals surface area contributed by atoms with E-state index in [4.69, 9.17) is 0 Å². The molecule has 316 valence electrons. The Hall–Kier alpha value is -1.73. The molecule has 5 N–H and O–H groups in total. The van der Waals surface area contributed by atoms with Crippen molar-refractivity contribution in [1.82, 2.24) is 5.32 Å². The molecule has 0 aromatic rings. The lowest BCUT2D eigenvalue weighted by atomic mass is 10.00. The Balaban J connectivity index is 3.78. The summed E-state index contributed by atoms with van der Waals surface area (Å²) < 4.78 is 0. The molecule has 0 aromatic carbocycles. The molecule has 0 rings (SSSR count). The maximum atomic E-state index is 12.5. The van der Waals surface area contributed by atoms with E-state index in [2.05, 4.69) is 67.8 Å². The van der Waals surface area contributed by atoms with E-state index in [1.165, 1.54) is 135 Å². The summed E-state index contributed by atoms with van der Waals surface area (Å²) in [6, 6.07) is -1.01. The second-order valence-corrected chi connectivity index (χ2v) is 15.7. The summed E-state index contributed by atoms with van der Waals surface area (Å²) in [4.78, 5) is 12.5. The highest BCUT2D eigenvalue weighted by Crippen LogP contribution is 2.15. The van der Waals surface area contributed by atoms with Crippen LogP contribution in [0.1, 0.15) is 219 Å². The minimum atomic E-state index is -1.29. The van der Waals surface area contributed by atoms with Gasteiger partial charge in [0.15, 0.2) is 0 Å². The number of allylic oxidation sites excluding steroid dienone is 8. The molecule has 0 aliphatic carbocycles. The molecule has 0 saturated carbocycles. The molecule has 1 amide bonds. The summed E-state index contributed by atoms with van der Waals surface area (Å²) >= 11 is 0. The third kappa shape index (κ3) is 35.9. The van der Waals surface area contributed by atoms with Crippen molar-refractivity contribution < 1.29 is 25.2 Å². The molecular weight excluding hydrogens is 671 g/mol. The molecule has 4 atom stereocenters. The van der Waals surface area contributed by atoms with E-state index in [9.17, 15) is 25.2 Å². The van der Waals surface area contributed by atoms with Gasteiger partial charge in [0.1, 0.15) is 12.2 Å². The SMILES string of the molecule is CC/C=C\C/C=C\CCCCCCCCCCCCCCCC(O)C(=O)NC(CO)C(O)C(O)CCC/C=C/CC/C=C/CCCCCCCCCCC. The number of hydrogen-bond acceptors (Lipinski definition) is 5. The first kappa shape index (κ1) is 52.3. The van der Waals surface area contributed by atoms with Gasteiger partial charge in [0, 0.05) is 0 Å². The van der Waals surface area contributed by atoms with Gasteiger partial charge in [0.05, 0.1) is 18.8 Å². The molecule has 54 heavy (non-hydrogen) atoms. The fraction of sp³-hybridized carbons (Fsp3) is 0.812. The Morgan fingerprint density at radius 3 is 1.37 bits per heavy atom. The predicted octanol–water partition coefficient (Wildman–Crippen LogP) is 12.3. The van der Waals surface area contributed by atoms with Crippen molar-refractivity contribution in [3.63, 3.8) is 0 Å². The van der Waals surface area contributed by atoms with Crippen molar-refractivity contribution in [2.24, 2.45) is 0 Å². The molecule has 0 saturated heterocycles. The Kier molecular flexibility index (Phi) is 41.1. The topological polar surface area (TPSA) is 110 Å². The molecule has 0 heterocycles. The number of aliphatic hydroxyl groups is 4. The number of hydrogen-bond donors (Lipinski definition) is 5. The summed E-state index contributed by atoms with van der Waals surface area (Å²) in [7, 11) is 0. The molecule has 0 aliphatic heterocycles. The van der Waals surface area contributed by atoms with Crippen LogP contribution in [0.25, 0.3) is 0 Å². The molecule has 6 heteroatoms. The first-order chi connectivity index (χ1) is 26.5. The van der Waals surface area contributed by atoms with Crippen LogP contribution in [0.15, 0.2) is 48.6 Å². The number of carbonyl (C=O) groups is 1. The molecule has 0 radical (unpaired) electrons. The number of carbonyl (C=O) groups excluding carboxylic acids is 1. The zero-order valence-corrected chi connectivity index (χ0v) is 35.5. The lowest BCUT2D eigenvalue weighted by molar-refractivity contribution is -0.132. The minimum absolute atomic E-state index is 0.358. The van der Waals surface area contributed by atoms with Crippen LogP contribution in [0.2, 0.25) is 0 Å². The van der Waals surface area contributed by atoms with Crippen molar-refractivity contribution in [3.8, 4) is 0 Å². The monoisotopic (exact) mass is 760 g/mol. The van der Waals surface area contributed by atoms with Gasteiger partial charge >= 0.3 is 0 Å². The third-order valence-corrected chi connectivity index (χ3v) is 10.5. The fourth-order valence-electron chi connectivity index (χ4n) is 6.87. The van der Waals surface area contributed by atoms with Gasteiger partial charge < -0.3 is 25.7 Å². The van der Waals surface area contributed by atoms with Gasteiger partial charge in [0.25, 0.3) is 0 Å². The normalized spacial score (nSPS) is 14.6. The zero-order valence-electron chi connectivity index (χ0n) is 35.5. The van der Waals surface area contributed by atoms with Crippen LogP contribution in [0.4, 0.5) is 0 Å². The van der Waals surface area contributed by atoms with E-state index in [-0.39, 0.29) is 0 Å². The van der Waals surface area contributed by atoms with Gasteiger partial charge in [-0.15, -0.1) is 0 Å². The van der Waals surface area contributed by atoms with Crippen LogP contribution in [-0.4, -0.2) is 57.3 Å². The predicted molar refractivity (Wildman–Crippen MR) is 233 cm³/mol. The zero-order chi connectivity index (χ0) is 39.6. The second-order valence-electron chi connectivity index (χ2n) is 15.7. The fourth-order valence-corrected chi connectivity index (χ4v) is 6.87. The third-order valence-electron chi connectivity index (χ3n) is 10.5. The van der Waals surface area contributed by atoms with E-state index in [0.29, 0.717) is 19.3 Å². The second kappa shape index (κ2) is 42.4. The van der Waals surface area contributed by atoms with Gasteiger partial charge in [0.2, 0.25) is 5.91 Å². The van der Waals surface area contributed by atoms with Gasteiger partial charge in [-0.2, -0.15) is 0 Å². The molecule has 0 bridgehead atoms. The molecule has 6 nitrogen and oxygen atoms in total. The van der Waals surface area contributed by atoms with E-state index in [0.717, 1.165) is 51.4 Å². The highest BCUT2D eigenvalue weighted by atomic mass is 16.3. The first-order valence-corrected chi connectivity index (χ1v) is 23.0. The average Bonchev–Trinajstić information content (AvgIpc) is 3.18. The number of nitrogens with one attached hydrogen (secondary N) is 1. The first-order valence-electron chi connectivity index (χ1n) is 23.0. The molecule has 0 aromatic heterocycles. The Morgan fingerprint density at radius 2 is 0.889 bits per heavy atom. The van der Waals surface area contributed by atoms with Crippen molar-refractivity contribution in [3.05, 3.63) is 48.6 Å². The minimum Gasteiger partial charge on any atom is -0.394 e. The Morgan fingerprint density at radius 1 is 0.481 bits per heavy atom. The lowest BCUT2D eigenvalue weighted by Gasteiger charge is -2.27. The van der Waals surface area contributed by atoms with E-state index in [1.807, 2.05) is 0 Å². The van der Waals surface area contributed by atoms with E-state index in [1.54, 1.807) is 0 Å². The van der Waals surface area contributed by atoms with Crippen LogP contribution in [-0.2, 0) is 4.79 Å². The van der Waals surface area contributed by atoms with Crippen LogP contribution in [0.3, 0.4) is 0 Å². The molecule has 4 unspecified atom stereocenters. The highest BCUT2D eigenvalue weighted by molar-refractivity contribution is 5.80. The maximum Gasteiger partial charge on any atom is 0.249 e. The molecule has 0 fully saturated rings. The molecule has 0 aliphatic rings. The number of aliphatic hydroxyl groups excluding tert-OH is 4. The van der Waals surface area contributed by atoms with Crippen molar-refractivity contribution in [2.75, 3.05) is 6.61 Å². The smallest absolute Gasteiger partial charge is 0.249 e. The Labute approximate surface area is 334 Å². The highest BCUT2D eigenvalue weighted by Gasteiger charge is 2.28. The summed E-state index contributed by atoms with van der Waals surface area (Å²) in [5.74, 6) is -0.599. The Bertz CT molecular complexity index is 900. The van der Waals surface area contributed by atoms with Crippen molar-refractivity contribution in [2.45, 2.75) is 244 Å². The number of unbranched alkanes of at least 4 members (excludes halogenated alkanes) is 24. The molecule has 0 spiro atoms. The van der Waals surface area contributed by atoms with Crippen LogP contribution in [0, 0.1) is 0 Å². The van der Waals surface area contributed by atoms with E-state index < -0.39 is 36.9 Å². The molecular formula is C48H89NO5. The summed E-state index contributed by atoms with van der Waals surface area (Å²) in [5.41, 5.74) is 0. The van der Waals surface area contributed by atoms with Crippen LogP contribution < -0.4 is 5.32 Å². The summed E-state index contributed by atoms with van der Waals surface area (Å²) in [6.07, 6.45) is 51.4. The lowest BCUT2D eigenvalue weighted by Crippen LogP contribution is -2.53. The van der Waals surface area contributed by atoms with Crippen LogP contribution in [0.5, 0.6) is 0 Å². The van der Waals surface area contributed by atoms with Gasteiger partial charge in [-0.25, -0.2) is 0 Å². The summed E-state index contributed by atoms with van der Waals surface area (Å²) in [5, 5.41) is 43.7. The van der Waals surface area contributed by atoms with Crippen molar-refractivity contribution >= 4 is 5.91 Å². The van der Waals surface area contributed by atoms with Gasteiger partial charge in [-0.05, 0) is 77.0 Å². The summed E-state index contributed by atoms with van der Waals surface area (Å²) in [6.45, 7) is 3.93. The number of amides is 1. The van der Waals surface area contributed by atoms with Crippen molar-refractivity contribution in [1.29, 1.82) is 0 Å². The van der Waals surface area contributed by atoms with Gasteiger partial charge in [-0.1, -0.05) is 191 Å². The van der Waals surface area contributed by atoms with Gasteiger partial charge in [-0.3, -0.25) is 4.79 Å². The number of rotatable bonds is 41. The standard InChI is InChI=1S/C48H89NO5/c1-3-5-7-9-11-13-15-17-19-21-23-24-26-28-30-32-34-36-38-40-42-46(52)48(54)49-44(43-50)47(53)45(51)41-39-37-35-33-31-29-27-25-22-20-18-16-14-12-10-8-6-4-2/h5,7,11,13,25,27,33,35,44-47,50-53H,3-4,6,8-10,12,14-24,26,28-32,34,36-43H2,1-2H3,(H,49,54)/b7-5-,13-11-,27-25+,35-33+. The van der Waals surface area contributed by atoms with Crippen LogP contribution >= 0.6 is 0 Å². The maximum absolute atomic E-state index is 12.5. The van der Waals surface area contributed by atoms with E-state index >= 15 is 0 Å². The average molecular weight is 760 g/mol. The quantitative estimate of drug-likeness (QED) is 0.0315. The largest absolute Gasteiger partial charge is 0.394 e.